The number of rotatable bonds is 7. The van der Waals surface area contributed by atoms with Crippen molar-refractivity contribution < 1.29 is 8.42 Å². The van der Waals surface area contributed by atoms with Gasteiger partial charge in [-0.15, -0.1) is 10.2 Å². The summed E-state index contributed by atoms with van der Waals surface area (Å²) in [6.45, 7) is -0.00329. The van der Waals surface area contributed by atoms with Gasteiger partial charge in [-0.05, 0) is 23.8 Å². The largest absolute Gasteiger partial charge is 0.271 e. The molecule has 27 heavy (non-hydrogen) atoms. The zero-order valence-corrected chi connectivity index (χ0v) is 17.4. The van der Waals surface area contributed by atoms with Crippen molar-refractivity contribution in [2.75, 3.05) is 6.26 Å². The molecule has 0 amide bonds. The van der Waals surface area contributed by atoms with Gasteiger partial charge in [-0.25, -0.2) is 13.1 Å². The zero-order valence-electron chi connectivity index (χ0n) is 14.3. The Morgan fingerprint density at radius 3 is 2.52 bits per heavy atom. The molecule has 1 heterocycles. The number of hydrogen-bond donors (Lipinski definition) is 1. The van der Waals surface area contributed by atoms with Gasteiger partial charge in [0.05, 0.1) is 23.5 Å². The Hall–Kier alpha value is -1.58. The second-order valence-corrected chi connectivity index (χ2v) is 9.32. The van der Waals surface area contributed by atoms with Crippen LogP contribution in [-0.2, 0) is 22.3 Å². The lowest BCUT2D eigenvalue weighted by atomic mass is 10.2. The Labute approximate surface area is 172 Å². The van der Waals surface area contributed by atoms with Crippen LogP contribution < -0.4 is 4.72 Å². The van der Waals surface area contributed by atoms with E-state index in [1.165, 1.54) is 11.8 Å². The summed E-state index contributed by atoms with van der Waals surface area (Å²) in [5.41, 5.74) is 1.77. The molecule has 0 aliphatic carbocycles. The maximum Gasteiger partial charge on any atom is 0.209 e. The van der Waals surface area contributed by atoms with E-state index in [9.17, 15) is 8.42 Å². The molecule has 6 nitrogen and oxygen atoms in total. The predicted molar refractivity (Wildman–Crippen MR) is 109 cm³/mol. The number of thioether (sulfide) groups is 1. The number of nitrogens with one attached hydrogen (secondary N) is 1. The average Bonchev–Trinajstić information content (AvgIpc) is 3.01. The van der Waals surface area contributed by atoms with Crippen molar-refractivity contribution in [1.29, 1.82) is 0 Å². The number of aromatic nitrogens is 3. The van der Waals surface area contributed by atoms with Crippen molar-refractivity contribution in [2.45, 2.75) is 17.5 Å². The third kappa shape index (κ3) is 5.46. The second kappa shape index (κ2) is 8.62. The molecule has 0 aliphatic heterocycles. The molecule has 1 N–H and O–H groups in total. The first-order valence-electron chi connectivity index (χ1n) is 7.84. The van der Waals surface area contributed by atoms with Crippen LogP contribution in [0.15, 0.2) is 53.7 Å². The topological polar surface area (TPSA) is 76.9 Å². The van der Waals surface area contributed by atoms with E-state index in [4.69, 9.17) is 23.2 Å². The van der Waals surface area contributed by atoms with Crippen LogP contribution in [0.25, 0.3) is 5.69 Å². The van der Waals surface area contributed by atoms with E-state index >= 15 is 0 Å². The minimum Gasteiger partial charge on any atom is -0.271 e. The van der Waals surface area contributed by atoms with Crippen LogP contribution in [0, 0.1) is 0 Å². The number of halogens is 2. The van der Waals surface area contributed by atoms with Gasteiger partial charge in [0.2, 0.25) is 10.0 Å². The third-order valence-corrected chi connectivity index (χ3v) is 5.76. The molecule has 0 bridgehead atoms. The minimum absolute atomic E-state index is 0.00329. The van der Waals surface area contributed by atoms with Gasteiger partial charge in [0.1, 0.15) is 0 Å². The molecule has 3 rings (SSSR count). The molecule has 3 aromatic rings. The smallest absolute Gasteiger partial charge is 0.209 e. The Balaban J connectivity index is 1.96. The van der Waals surface area contributed by atoms with Crippen molar-refractivity contribution >= 4 is 45.0 Å². The van der Waals surface area contributed by atoms with Gasteiger partial charge in [-0.3, -0.25) is 4.57 Å². The fourth-order valence-electron chi connectivity index (χ4n) is 2.33. The number of hydrogen-bond acceptors (Lipinski definition) is 5. The molecule has 0 saturated carbocycles. The van der Waals surface area contributed by atoms with E-state index in [0.717, 1.165) is 11.8 Å². The van der Waals surface area contributed by atoms with Gasteiger partial charge >= 0.3 is 0 Å². The monoisotopic (exact) mass is 442 g/mol. The van der Waals surface area contributed by atoms with Crippen molar-refractivity contribution in [3.05, 3.63) is 70.0 Å². The van der Waals surface area contributed by atoms with Gasteiger partial charge in [-0.1, -0.05) is 65.3 Å². The summed E-state index contributed by atoms with van der Waals surface area (Å²) in [5.74, 6) is 1.11. The van der Waals surface area contributed by atoms with Crippen LogP contribution in [0.3, 0.4) is 0 Å². The van der Waals surface area contributed by atoms with Crippen LogP contribution in [0.2, 0.25) is 10.0 Å². The van der Waals surface area contributed by atoms with E-state index in [1.54, 1.807) is 22.8 Å². The molecule has 0 fully saturated rings. The van der Waals surface area contributed by atoms with Crippen LogP contribution in [0.1, 0.15) is 11.4 Å². The molecule has 0 saturated heterocycles. The predicted octanol–water partition coefficient (Wildman–Crippen LogP) is 3.92. The van der Waals surface area contributed by atoms with E-state index in [1.807, 2.05) is 30.3 Å². The zero-order chi connectivity index (χ0) is 19.4. The van der Waals surface area contributed by atoms with Gasteiger partial charge in [0.15, 0.2) is 11.0 Å². The average molecular weight is 443 g/mol. The highest BCUT2D eigenvalue weighted by Crippen LogP contribution is 2.30. The quantitative estimate of drug-likeness (QED) is 0.561. The van der Waals surface area contributed by atoms with Crippen LogP contribution in [-0.4, -0.2) is 29.4 Å². The van der Waals surface area contributed by atoms with E-state index in [-0.39, 0.29) is 6.54 Å². The van der Waals surface area contributed by atoms with Gasteiger partial charge in [-0.2, -0.15) is 0 Å². The Morgan fingerprint density at radius 1 is 1.11 bits per heavy atom. The molecule has 0 aliphatic rings. The van der Waals surface area contributed by atoms with Crippen molar-refractivity contribution in [3.8, 4) is 5.69 Å². The lowest BCUT2D eigenvalue weighted by Crippen LogP contribution is -2.23. The number of sulfonamides is 1. The first kappa shape index (κ1) is 20.2. The fourth-order valence-corrected chi connectivity index (χ4v) is 4.13. The highest BCUT2D eigenvalue weighted by molar-refractivity contribution is 7.98. The van der Waals surface area contributed by atoms with E-state index < -0.39 is 10.0 Å². The molecule has 0 radical (unpaired) electrons. The first-order valence-corrected chi connectivity index (χ1v) is 11.5. The van der Waals surface area contributed by atoms with Crippen molar-refractivity contribution in [1.82, 2.24) is 19.5 Å². The van der Waals surface area contributed by atoms with E-state index in [0.29, 0.717) is 32.5 Å². The SMILES string of the molecule is CS(=O)(=O)NCc1nnc(SCc2ccccc2)n1-c1ccc(Cl)cc1Cl. The Morgan fingerprint density at radius 2 is 1.85 bits per heavy atom. The standard InChI is InChI=1S/C17H16Cl2N4O2S2/c1-27(24,25)20-10-16-21-22-17(26-11-12-5-3-2-4-6-12)23(16)15-8-7-13(18)9-14(15)19/h2-9,20H,10-11H2,1H3. The summed E-state index contributed by atoms with van der Waals surface area (Å²) in [6.07, 6.45) is 1.09. The third-order valence-electron chi connectivity index (χ3n) is 3.55. The van der Waals surface area contributed by atoms with E-state index in [2.05, 4.69) is 14.9 Å². The summed E-state index contributed by atoms with van der Waals surface area (Å²) in [5, 5.41) is 9.90. The molecule has 0 spiro atoms. The number of nitrogens with zero attached hydrogens (tertiary/aromatic N) is 3. The molecular weight excluding hydrogens is 427 g/mol. The summed E-state index contributed by atoms with van der Waals surface area (Å²) in [6, 6.07) is 15.0. The second-order valence-electron chi connectivity index (χ2n) is 5.70. The Bertz CT molecular complexity index is 1040. The van der Waals surface area contributed by atoms with Crippen LogP contribution >= 0.6 is 35.0 Å². The van der Waals surface area contributed by atoms with Crippen LogP contribution in [0.5, 0.6) is 0 Å². The molecule has 1 aromatic heterocycles. The molecule has 0 unspecified atom stereocenters. The maximum absolute atomic E-state index is 11.5. The molecular formula is C17H16Cl2N4O2S2. The highest BCUT2D eigenvalue weighted by Gasteiger charge is 2.18. The van der Waals surface area contributed by atoms with Crippen molar-refractivity contribution in [3.63, 3.8) is 0 Å². The lowest BCUT2D eigenvalue weighted by Gasteiger charge is -2.12. The fraction of sp³-hybridized carbons (Fsp3) is 0.176. The first-order chi connectivity index (χ1) is 12.8. The molecule has 10 heteroatoms. The number of benzene rings is 2. The summed E-state index contributed by atoms with van der Waals surface area (Å²) in [4.78, 5) is 0. The molecule has 0 atom stereocenters. The molecule has 142 valence electrons. The van der Waals surface area contributed by atoms with Crippen molar-refractivity contribution in [2.24, 2.45) is 0 Å². The molecule has 2 aromatic carbocycles. The summed E-state index contributed by atoms with van der Waals surface area (Å²) in [7, 11) is -3.38. The maximum atomic E-state index is 11.5. The van der Waals surface area contributed by atoms with Crippen LogP contribution in [0.4, 0.5) is 0 Å². The van der Waals surface area contributed by atoms with Gasteiger partial charge in [0, 0.05) is 10.8 Å². The Kier molecular flexibility index (Phi) is 6.44. The highest BCUT2D eigenvalue weighted by atomic mass is 35.5. The normalized spacial score (nSPS) is 11.7. The lowest BCUT2D eigenvalue weighted by molar-refractivity contribution is 0.584. The van der Waals surface area contributed by atoms with Gasteiger partial charge in [0.25, 0.3) is 0 Å². The summed E-state index contributed by atoms with van der Waals surface area (Å²) >= 11 is 13.8. The van der Waals surface area contributed by atoms with Gasteiger partial charge < -0.3 is 0 Å². The minimum atomic E-state index is -3.38. The summed E-state index contributed by atoms with van der Waals surface area (Å²) < 4.78 is 27.1.